The van der Waals surface area contributed by atoms with E-state index in [1.54, 1.807) is 12.1 Å². The third kappa shape index (κ3) is 4.80. The zero-order chi connectivity index (χ0) is 15.3. The van der Waals surface area contributed by atoms with Crippen LogP contribution in [0.25, 0.3) is 0 Å². The van der Waals surface area contributed by atoms with Crippen LogP contribution in [0.1, 0.15) is 18.4 Å². The Bertz CT molecular complexity index is 578. The SMILES string of the molecule is NS(=O)(=O)c1ccc(CCNC(=O)[C@H]2CCCNC2)cc1. The lowest BCUT2D eigenvalue weighted by molar-refractivity contribution is -0.125. The Labute approximate surface area is 125 Å². The van der Waals surface area contributed by atoms with Gasteiger partial charge in [-0.2, -0.15) is 0 Å². The Kier molecular flexibility index (Phi) is 5.33. The molecule has 2 rings (SSSR count). The number of nitrogens with two attached hydrogens (primary N) is 1. The van der Waals surface area contributed by atoms with Gasteiger partial charge in [0.2, 0.25) is 15.9 Å². The summed E-state index contributed by atoms with van der Waals surface area (Å²) in [5, 5.41) is 11.2. The van der Waals surface area contributed by atoms with E-state index in [9.17, 15) is 13.2 Å². The molecule has 1 amide bonds. The number of hydrogen-bond acceptors (Lipinski definition) is 4. The van der Waals surface area contributed by atoms with Gasteiger partial charge >= 0.3 is 0 Å². The zero-order valence-electron chi connectivity index (χ0n) is 11.8. The third-order valence-electron chi connectivity index (χ3n) is 3.63. The van der Waals surface area contributed by atoms with Crippen LogP contribution >= 0.6 is 0 Å². The molecule has 0 bridgehead atoms. The molecule has 0 spiro atoms. The summed E-state index contributed by atoms with van der Waals surface area (Å²) in [6.45, 7) is 2.28. The monoisotopic (exact) mass is 311 g/mol. The van der Waals surface area contributed by atoms with Crippen molar-refractivity contribution >= 4 is 15.9 Å². The summed E-state index contributed by atoms with van der Waals surface area (Å²) in [5.41, 5.74) is 0.962. The van der Waals surface area contributed by atoms with Crippen molar-refractivity contribution in [3.05, 3.63) is 29.8 Å². The summed E-state index contributed by atoms with van der Waals surface area (Å²) in [4.78, 5) is 12.0. The molecule has 7 heteroatoms. The molecule has 1 aliphatic rings. The average molecular weight is 311 g/mol. The molecule has 1 atom stereocenters. The zero-order valence-corrected chi connectivity index (χ0v) is 12.7. The van der Waals surface area contributed by atoms with Gasteiger partial charge in [0.05, 0.1) is 10.8 Å². The summed E-state index contributed by atoms with van der Waals surface area (Å²) in [6.07, 6.45) is 2.63. The van der Waals surface area contributed by atoms with Gasteiger partial charge in [0.15, 0.2) is 0 Å². The van der Waals surface area contributed by atoms with Crippen molar-refractivity contribution < 1.29 is 13.2 Å². The topological polar surface area (TPSA) is 101 Å². The number of primary sulfonamides is 1. The van der Waals surface area contributed by atoms with E-state index in [0.717, 1.165) is 31.5 Å². The second kappa shape index (κ2) is 7.02. The second-order valence-corrected chi connectivity index (χ2v) is 6.83. The maximum absolute atomic E-state index is 11.9. The number of sulfonamides is 1. The van der Waals surface area contributed by atoms with Gasteiger partial charge in [-0.05, 0) is 43.5 Å². The minimum atomic E-state index is -3.64. The molecule has 1 aliphatic heterocycles. The number of nitrogens with one attached hydrogen (secondary N) is 2. The molecule has 1 fully saturated rings. The van der Waals surface area contributed by atoms with Crippen LogP contribution in [-0.2, 0) is 21.2 Å². The van der Waals surface area contributed by atoms with Crippen LogP contribution in [0.2, 0.25) is 0 Å². The highest BCUT2D eigenvalue weighted by molar-refractivity contribution is 7.89. The fraction of sp³-hybridized carbons (Fsp3) is 0.500. The normalized spacial score (nSPS) is 19.2. The van der Waals surface area contributed by atoms with E-state index in [1.807, 2.05) is 0 Å². The summed E-state index contributed by atoms with van der Waals surface area (Å²) >= 11 is 0. The van der Waals surface area contributed by atoms with Crippen LogP contribution in [0.3, 0.4) is 0 Å². The molecular formula is C14H21N3O3S. The van der Waals surface area contributed by atoms with Crippen LogP contribution in [-0.4, -0.2) is 34.0 Å². The summed E-state index contributed by atoms with van der Waals surface area (Å²) < 4.78 is 22.3. The van der Waals surface area contributed by atoms with Crippen molar-refractivity contribution in [3.63, 3.8) is 0 Å². The van der Waals surface area contributed by atoms with E-state index in [1.165, 1.54) is 12.1 Å². The van der Waals surface area contributed by atoms with Gasteiger partial charge in [-0.25, -0.2) is 13.6 Å². The first-order chi connectivity index (χ1) is 9.97. The number of benzene rings is 1. The van der Waals surface area contributed by atoms with E-state index in [4.69, 9.17) is 5.14 Å². The molecule has 0 saturated carbocycles. The number of hydrogen-bond donors (Lipinski definition) is 3. The van der Waals surface area contributed by atoms with E-state index in [0.29, 0.717) is 13.0 Å². The van der Waals surface area contributed by atoms with Crippen LogP contribution in [0.4, 0.5) is 0 Å². The van der Waals surface area contributed by atoms with Gasteiger partial charge in [-0.3, -0.25) is 4.79 Å². The second-order valence-electron chi connectivity index (χ2n) is 5.27. The standard InChI is InChI=1S/C14H21N3O3S/c15-21(19,20)13-5-3-11(4-6-13)7-9-17-14(18)12-2-1-8-16-10-12/h3-6,12,16H,1-2,7-10H2,(H,17,18)(H2,15,19,20)/t12-/m0/s1. The summed E-state index contributed by atoms with van der Waals surface area (Å²) in [6, 6.07) is 6.40. The molecule has 1 saturated heterocycles. The van der Waals surface area contributed by atoms with Crippen molar-refractivity contribution in [3.8, 4) is 0 Å². The predicted octanol–water partition coefficient (Wildman–Crippen LogP) is -0.00770. The third-order valence-corrected chi connectivity index (χ3v) is 4.56. The summed E-state index contributed by atoms with van der Waals surface area (Å²) in [5.74, 6) is 0.145. The lowest BCUT2D eigenvalue weighted by atomic mass is 9.99. The van der Waals surface area contributed by atoms with Gasteiger partial charge in [0.1, 0.15) is 0 Å². The number of carbonyl (C=O) groups is 1. The van der Waals surface area contributed by atoms with Gasteiger partial charge in [-0.15, -0.1) is 0 Å². The molecule has 1 aromatic carbocycles. The van der Waals surface area contributed by atoms with Gasteiger partial charge in [0.25, 0.3) is 0 Å². The largest absolute Gasteiger partial charge is 0.355 e. The molecule has 6 nitrogen and oxygen atoms in total. The molecule has 4 N–H and O–H groups in total. The van der Waals surface area contributed by atoms with Gasteiger partial charge < -0.3 is 10.6 Å². The lowest BCUT2D eigenvalue weighted by Crippen LogP contribution is -2.41. The van der Waals surface area contributed by atoms with Gasteiger partial charge in [0, 0.05) is 13.1 Å². The smallest absolute Gasteiger partial charge is 0.238 e. The Morgan fingerprint density at radius 2 is 2.05 bits per heavy atom. The number of amides is 1. The van der Waals surface area contributed by atoms with E-state index in [2.05, 4.69) is 10.6 Å². The highest BCUT2D eigenvalue weighted by atomic mass is 32.2. The number of piperidine rings is 1. The maximum Gasteiger partial charge on any atom is 0.238 e. The molecule has 0 aliphatic carbocycles. The Morgan fingerprint density at radius 1 is 1.33 bits per heavy atom. The molecule has 1 aromatic rings. The molecule has 21 heavy (non-hydrogen) atoms. The van der Waals surface area contributed by atoms with Gasteiger partial charge in [-0.1, -0.05) is 12.1 Å². The first kappa shape index (κ1) is 15.9. The van der Waals surface area contributed by atoms with Crippen molar-refractivity contribution in [2.45, 2.75) is 24.2 Å². The Morgan fingerprint density at radius 3 is 2.62 bits per heavy atom. The number of rotatable bonds is 5. The minimum absolute atomic E-state index is 0.0588. The Balaban J connectivity index is 1.79. The minimum Gasteiger partial charge on any atom is -0.355 e. The van der Waals surface area contributed by atoms with Crippen molar-refractivity contribution in [1.29, 1.82) is 0 Å². The highest BCUT2D eigenvalue weighted by Crippen LogP contribution is 2.11. The first-order valence-electron chi connectivity index (χ1n) is 7.07. The Hall–Kier alpha value is -1.44. The predicted molar refractivity (Wildman–Crippen MR) is 80.1 cm³/mol. The van der Waals surface area contributed by atoms with Crippen molar-refractivity contribution in [1.82, 2.24) is 10.6 Å². The van der Waals surface area contributed by atoms with E-state index >= 15 is 0 Å². The van der Waals surface area contributed by atoms with Crippen LogP contribution in [0, 0.1) is 5.92 Å². The van der Waals surface area contributed by atoms with Crippen LogP contribution in [0.5, 0.6) is 0 Å². The lowest BCUT2D eigenvalue weighted by Gasteiger charge is -2.21. The average Bonchev–Trinajstić information content (AvgIpc) is 2.47. The summed E-state index contributed by atoms with van der Waals surface area (Å²) in [7, 11) is -3.64. The number of carbonyl (C=O) groups excluding carboxylic acids is 1. The first-order valence-corrected chi connectivity index (χ1v) is 8.61. The molecule has 0 unspecified atom stereocenters. The van der Waals surface area contributed by atoms with Crippen LogP contribution < -0.4 is 15.8 Å². The van der Waals surface area contributed by atoms with Crippen LogP contribution in [0.15, 0.2) is 29.2 Å². The van der Waals surface area contributed by atoms with Crippen molar-refractivity contribution in [2.75, 3.05) is 19.6 Å². The molecule has 116 valence electrons. The quantitative estimate of drug-likeness (QED) is 0.712. The van der Waals surface area contributed by atoms with Crippen molar-refractivity contribution in [2.24, 2.45) is 11.1 Å². The molecular weight excluding hydrogens is 290 g/mol. The fourth-order valence-corrected chi connectivity index (χ4v) is 2.91. The highest BCUT2D eigenvalue weighted by Gasteiger charge is 2.20. The molecule has 0 radical (unpaired) electrons. The molecule has 1 heterocycles. The van der Waals surface area contributed by atoms with E-state index < -0.39 is 10.0 Å². The molecule has 0 aromatic heterocycles. The fourth-order valence-electron chi connectivity index (χ4n) is 2.40. The maximum atomic E-state index is 11.9. The van der Waals surface area contributed by atoms with E-state index in [-0.39, 0.29) is 16.7 Å².